The molecular weight excluding hydrogens is 503 g/mol. The van der Waals surface area contributed by atoms with E-state index in [1.165, 1.54) is 12.3 Å². The molecule has 0 aliphatic heterocycles. The zero-order valence-corrected chi connectivity index (χ0v) is 19.1. The van der Waals surface area contributed by atoms with Crippen LogP contribution < -0.4 is 16.7 Å². The molecule has 0 amide bonds. The minimum atomic E-state index is -1.38. The Hall–Kier alpha value is -4.39. The number of aryl methyl sites for hydroxylation is 1. The monoisotopic (exact) mass is 517 g/mol. The molecule has 14 heteroatoms. The van der Waals surface area contributed by atoms with Gasteiger partial charge in [-0.2, -0.15) is 10.1 Å². The highest BCUT2D eigenvalue weighted by Gasteiger charge is 2.19. The molecule has 5 aromatic rings. The van der Waals surface area contributed by atoms with Gasteiger partial charge >= 0.3 is 11.4 Å². The molecule has 0 atom stereocenters. The number of anilines is 2. The van der Waals surface area contributed by atoms with Crippen molar-refractivity contribution in [2.45, 2.75) is 13.1 Å². The highest BCUT2D eigenvalue weighted by atomic mass is 35.5. The van der Waals surface area contributed by atoms with Gasteiger partial charge in [-0.1, -0.05) is 16.8 Å². The molecule has 3 heterocycles. The van der Waals surface area contributed by atoms with Crippen molar-refractivity contribution in [1.29, 1.82) is 0 Å². The van der Waals surface area contributed by atoms with Gasteiger partial charge in [0, 0.05) is 36.3 Å². The summed E-state index contributed by atoms with van der Waals surface area (Å²) >= 11 is 6.36. The summed E-state index contributed by atoms with van der Waals surface area (Å²) in [6, 6.07) is 5.64. The molecule has 0 aliphatic carbocycles. The van der Waals surface area contributed by atoms with E-state index in [4.69, 9.17) is 16.1 Å². The summed E-state index contributed by atoms with van der Waals surface area (Å²) < 4.78 is 49.7. The number of aromatic nitrogens is 6. The number of nitrogens with one attached hydrogen (secondary N) is 1. The number of benzene rings is 2. The zero-order valence-electron chi connectivity index (χ0n) is 18.4. The number of halogens is 4. The van der Waals surface area contributed by atoms with Crippen LogP contribution in [0.25, 0.3) is 10.9 Å². The summed E-state index contributed by atoms with van der Waals surface area (Å²) in [5, 5.41) is 11.6. The third-order valence-corrected chi connectivity index (χ3v) is 5.65. The summed E-state index contributed by atoms with van der Waals surface area (Å²) in [5.41, 5.74) is -1.06. The lowest BCUT2D eigenvalue weighted by molar-refractivity contribution is 0.407. The number of hydrogen-bond donors (Lipinski definition) is 1. The summed E-state index contributed by atoms with van der Waals surface area (Å²) in [6.07, 6.45) is 2.99. The fraction of sp³-hybridized carbons (Fsp3) is 0.136. The standard InChI is InChI=1S/C22H15ClF3N7O3/c1-31-8-12-5-19(14(23)6-18(12)29-31)27-20-28-21(34)33(10-13-2-3-36-30-13)22(35)32(20)9-11-4-16(25)17(26)7-15(11)24/h2-8H,9-10H2,1H3,(H,27,28,34). The van der Waals surface area contributed by atoms with E-state index < -0.39 is 35.4 Å². The fourth-order valence-electron chi connectivity index (χ4n) is 3.62. The normalized spacial score (nSPS) is 11.4. The van der Waals surface area contributed by atoms with Crippen molar-refractivity contribution < 1.29 is 17.7 Å². The summed E-state index contributed by atoms with van der Waals surface area (Å²) in [5.74, 6) is -4.07. The van der Waals surface area contributed by atoms with Crippen LogP contribution in [-0.2, 0) is 20.1 Å². The van der Waals surface area contributed by atoms with Gasteiger partial charge in [0.1, 0.15) is 17.8 Å². The average Bonchev–Trinajstić information content (AvgIpc) is 3.46. The number of nitrogens with zero attached hydrogens (tertiary/aromatic N) is 6. The van der Waals surface area contributed by atoms with Crippen LogP contribution in [0.15, 0.2) is 56.9 Å². The molecule has 2 aromatic carbocycles. The van der Waals surface area contributed by atoms with Crippen molar-refractivity contribution in [2.75, 3.05) is 5.32 Å². The van der Waals surface area contributed by atoms with Gasteiger partial charge in [-0.15, -0.1) is 0 Å². The quantitative estimate of drug-likeness (QED) is 0.344. The van der Waals surface area contributed by atoms with E-state index >= 15 is 0 Å². The lowest BCUT2D eigenvalue weighted by atomic mass is 10.2. The Balaban J connectivity index is 1.65. The van der Waals surface area contributed by atoms with Crippen LogP contribution in [0.4, 0.5) is 24.8 Å². The molecule has 0 bridgehead atoms. The van der Waals surface area contributed by atoms with Crippen LogP contribution in [0.2, 0.25) is 5.02 Å². The van der Waals surface area contributed by atoms with Crippen LogP contribution in [-0.4, -0.2) is 29.1 Å². The Labute approximate surface area is 204 Å². The lowest BCUT2D eigenvalue weighted by Crippen LogP contribution is -2.43. The number of hydrogen-bond acceptors (Lipinski definition) is 7. The minimum absolute atomic E-state index is 0.202. The molecule has 36 heavy (non-hydrogen) atoms. The van der Waals surface area contributed by atoms with Crippen LogP contribution in [0, 0.1) is 17.5 Å². The number of rotatable bonds is 6. The molecule has 0 radical (unpaired) electrons. The number of fused-ring (bicyclic) bond motifs is 1. The Bertz CT molecular complexity index is 1730. The van der Waals surface area contributed by atoms with Crippen molar-refractivity contribution in [1.82, 2.24) is 29.1 Å². The molecule has 0 saturated carbocycles. The third-order valence-electron chi connectivity index (χ3n) is 5.33. The Kier molecular flexibility index (Phi) is 5.84. The van der Waals surface area contributed by atoms with Gasteiger partial charge in [-0.25, -0.2) is 27.3 Å². The van der Waals surface area contributed by atoms with Crippen LogP contribution in [0.3, 0.4) is 0 Å². The van der Waals surface area contributed by atoms with E-state index in [1.54, 1.807) is 30.1 Å². The van der Waals surface area contributed by atoms with Crippen molar-refractivity contribution in [3.63, 3.8) is 0 Å². The molecule has 3 aromatic heterocycles. The first-order chi connectivity index (χ1) is 17.2. The van der Waals surface area contributed by atoms with Gasteiger partial charge < -0.3 is 9.84 Å². The predicted octanol–water partition coefficient (Wildman–Crippen LogP) is 3.19. The second kappa shape index (κ2) is 9.00. The Morgan fingerprint density at radius 2 is 1.81 bits per heavy atom. The Morgan fingerprint density at radius 3 is 2.56 bits per heavy atom. The smallest absolute Gasteiger partial charge is 0.355 e. The second-order valence-electron chi connectivity index (χ2n) is 7.84. The molecule has 0 saturated heterocycles. The average molecular weight is 518 g/mol. The molecule has 0 fully saturated rings. The van der Waals surface area contributed by atoms with Crippen LogP contribution in [0.5, 0.6) is 0 Å². The van der Waals surface area contributed by atoms with E-state index in [1.807, 2.05) is 0 Å². The van der Waals surface area contributed by atoms with E-state index in [0.717, 1.165) is 9.13 Å². The highest BCUT2D eigenvalue weighted by molar-refractivity contribution is 6.34. The lowest BCUT2D eigenvalue weighted by Gasteiger charge is -2.16. The summed E-state index contributed by atoms with van der Waals surface area (Å²) in [4.78, 5) is 30.0. The Morgan fingerprint density at radius 1 is 1.03 bits per heavy atom. The van der Waals surface area contributed by atoms with E-state index in [2.05, 4.69) is 20.6 Å². The molecule has 184 valence electrons. The maximum absolute atomic E-state index is 14.4. The minimum Gasteiger partial charge on any atom is -0.364 e. The van der Waals surface area contributed by atoms with Gasteiger partial charge in [-0.05, 0) is 18.2 Å². The van der Waals surface area contributed by atoms with Gasteiger partial charge in [0.05, 0.1) is 29.3 Å². The second-order valence-corrected chi connectivity index (χ2v) is 8.25. The predicted molar refractivity (Wildman–Crippen MR) is 123 cm³/mol. The van der Waals surface area contributed by atoms with Crippen LogP contribution in [0.1, 0.15) is 11.3 Å². The molecule has 10 nitrogen and oxygen atoms in total. The van der Waals surface area contributed by atoms with Crippen molar-refractivity contribution in [3.05, 3.63) is 97.5 Å². The first kappa shape index (κ1) is 23.4. The fourth-order valence-corrected chi connectivity index (χ4v) is 3.83. The molecule has 0 aliphatic rings. The maximum atomic E-state index is 14.4. The SMILES string of the molecule is Cn1cc2cc(Nc3nc(=O)n(Cc4ccon4)c(=O)n3Cc3cc(F)c(F)cc3F)c(Cl)cc2n1. The molecule has 0 unspecified atom stereocenters. The van der Waals surface area contributed by atoms with Crippen molar-refractivity contribution >= 4 is 34.1 Å². The van der Waals surface area contributed by atoms with Gasteiger partial charge in [0.15, 0.2) is 11.6 Å². The van der Waals surface area contributed by atoms with E-state index in [-0.39, 0.29) is 34.5 Å². The molecular formula is C22H15ClF3N7O3. The zero-order chi connectivity index (χ0) is 25.6. The topological polar surface area (TPSA) is 113 Å². The molecule has 5 rings (SSSR count). The van der Waals surface area contributed by atoms with Crippen molar-refractivity contribution in [3.8, 4) is 0 Å². The van der Waals surface area contributed by atoms with Crippen molar-refractivity contribution in [2.24, 2.45) is 7.05 Å². The molecule has 0 spiro atoms. The summed E-state index contributed by atoms with van der Waals surface area (Å²) in [6.45, 7) is -0.868. The van der Waals surface area contributed by atoms with Gasteiger partial charge in [0.25, 0.3) is 0 Å². The van der Waals surface area contributed by atoms with Gasteiger partial charge in [0.2, 0.25) is 5.95 Å². The molecule has 1 N–H and O–H groups in total. The first-order valence-corrected chi connectivity index (χ1v) is 10.7. The largest absolute Gasteiger partial charge is 0.364 e. The van der Waals surface area contributed by atoms with Gasteiger partial charge in [-0.3, -0.25) is 9.25 Å². The summed E-state index contributed by atoms with van der Waals surface area (Å²) in [7, 11) is 1.73. The highest BCUT2D eigenvalue weighted by Crippen LogP contribution is 2.29. The third kappa shape index (κ3) is 4.35. The van der Waals surface area contributed by atoms with Crippen LogP contribution >= 0.6 is 11.6 Å². The van der Waals surface area contributed by atoms with E-state index in [9.17, 15) is 22.8 Å². The first-order valence-electron chi connectivity index (χ1n) is 10.3. The van der Waals surface area contributed by atoms with E-state index in [0.29, 0.717) is 23.0 Å². The maximum Gasteiger partial charge on any atom is 0.355 e.